The number of rotatable bonds is 3. The van der Waals surface area contributed by atoms with Crippen molar-refractivity contribution in [1.82, 2.24) is 0 Å². The molecule has 0 aromatic heterocycles. The first-order chi connectivity index (χ1) is 20.6. The van der Waals surface area contributed by atoms with Gasteiger partial charge in [0.1, 0.15) is 17.3 Å². The van der Waals surface area contributed by atoms with Crippen LogP contribution in [0.3, 0.4) is 0 Å². The number of hydrogen-bond acceptors (Lipinski definition) is 6. The molecule has 0 N–H and O–H groups in total. The van der Waals surface area contributed by atoms with E-state index in [9.17, 15) is 14.4 Å². The zero-order chi connectivity index (χ0) is 32.1. The Bertz CT molecular complexity index is 1010. The number of ketones is 3. The molecule has 0 saturated heterocycles. The molecule has 0 heterocycles. The molecule has 10 heteroatoms. The van der Waals surface area contributed by atoms with E-state index in [1.807, 2.05) is 164 Å². The van der Waals surface area contributed by atoms with Crippen LogP contribution in [0.5, 0.6) is 0 Å². The zero-order valence-electron chi connectivity index (χ0n) is 25.9. The monoisotopic (exact) mass is 746 g/mol. The minimum absolute atomic E-state index is 0. The third-order valence-electron chi connectivity index (χ3n) is 5.32. The van der Waals surface area contributed by atoms with Crippen LogP contribution in [0.25, 0.3) is 0 Å². The quantitative estimate of drug-likeness (QED) is 0.293. The molecule has 0 spiro atoms. The van der Waals surface area contributed by atoms with Crippen molar-refractivity contribution < 1.29 is 80.7 Å². The minimum atomic E-state index is -2.92. The van der Waals surface area contributed by atoms with E-state index in [-0.39, 0.29) is 86.3 Å². The summed E-state index contributed by atoms with van der Waals surface area (Å²) in [6, 6.07) is 30.0. The number of allylic oxidation sites excluding steroid dienone is 12. The number of carbonyl (C=O) groups is 3. The van der Waals surface area contributed by atoms with Crippen LogP contribution in [0.4, 0.5) is 0 Å². The van der Waals surface area contributed by atoms with Crippen molar-refractivity contribution in [3.63, 3.8) is 0 Å². The van der Waals surface area contributed by atoms with E-state index < -0.39 is 7.32 Å². The summed E-state index contributed by atoms with van der Waals surface area (Å²) in [5.41, 5.74) is 0. The van der Waals surface area contributed by atoms with Crippen molar-refractivity contribution in [2.45, 2.75) is 20.8 Å². The average molecular weight is 746 g/mol. The Kier molecular flexibility index (Phi) is 37.8. The summed E-state index contributed by atoms with van der Waals surface area (Å²) in [5.74, 6) is 0.847. The molecule has 0 amide bonds. The van der Waals surface area contributed by atoms with Gasteiger partial charge in [-0.15, -0.1) is 0 Å². The van der Waals surface area contributed by atoms with E-state index >= 15 is 0 Å². The Morgan fingerprint density at radius 1 is 0.435 bits per heavy atom. The topological polar surface area (TPSA) is 120 Å². The Morgan fingerprint density at radius 2 is 0.587 bits per heavy atom. The van der Waals surface area contributed by atoms with Crippen LogP contribution < -0.4 is 15.1 Å². The van der Waals surface area contributed by atoms with Gasteiger partial charge >= 0.3 is 51.2 Å². The van der Waals surface area contributed by atoms with Crippen LogP contribution >= 0.6 is 0 Å². The largest absolute Gasteiger partial charge is 2.00 e. The summed E-state index contributed by atoms with van der Waals surface area (Å²) in [7, 11) is -2.92. The van der Waals surface area contributed by atoms with Crippen molar-refractivity contribution in [1.29, 1.82) is 0 Å². The van der Waals surface area contributed by atoms with Crippen LogP contribution in [0.1, 0.15) is 20.8 Å². The van der Waals surface area contributed by atoms with Gasteiger partial charge in [0.2, 0.25) is 0 Å². The normalized spacial score (nSPS) is 12.4. The van der Waals surface area contributed by atoms with Crippen molar-refractivity contribution in [2.24, 2.45) is 17.8 Å². The Hall–Kier alpha value is -3.00. The second-order valence-corrected chi connectivity index (χ2v) is 8.89. The molecule has 0 atom stereocenters. The third kappa shape index (κ3) is 32.4. The molecule has 3 aromatic rings. The molecule has 3 aliphatic carbocycles. The fourth-order valence-electron chi connectivity index (χ4n) is 3.07. The standard InChI is InChI=1S/3C7H8O.3C5H5.BO3.3Fe/c3*1-6(8)7-4-2-3-5-7;3*1-2-4-5-3-1;2-1(3)4;;;/h3*2-5,7H,1H3;3*1-5H;;;;/q;;;3*-1;-3;3*+2. The Labute approximate surface area is 306 Å². The zero-order valence-corrected chi connectivity index (χ0v) is 29.2. The Morgan fingerprint density at radius 3 is 0.652 bits per heavy atom. The van der Waals surface area contributed by atoms with Gasteiger partial charge in [-0.3, -0.25) is 21.7 Å². The third-order valence-corrected chi connectivity index (χ3v) is 5.32. The predicted molar refractivity (Wildman–Crippen MR) is 169 cm³/mol. The van der Waals surface area contributed by atoms with E-state index in [2.05, 4.69) is 0 Å². The molecule has 46 heavy (non-hydrogen) atoms. The molecule has 0 aliphatic heterocycles. The SMILES string of the molecule is CC(=O)C1C=CC=C1.CC(=O)C1C=CC=C1.CC(=O)C1C=CC=C1.[Fe+2].[Fe+2].[Fe+2].[O-]B([O-])[O-].c1cc[cH-]c1.c1cc[cH-]c1.c1cc[cH-]c1. The molecular weight excluding hydrogens is 707 g/mol. The summed E-state index contributed by atoms with van der Waals surface area (Å²) >= 11 is 0. The maximum absolute atomic E-state index is 10.5. The summed E-state index contributed by atoms with van der Waals surface area (Å²) in [6.07, 6.45) is 22.7. The molecule has 6 nitrogen and oxygen atoms in total. The molecule has 3 aromatic carbocycles. The molecule has 246 valence electrons. The average Bonchev–Trinajstić information content (AvgIpc) is 3.86. The Balaban J connectivity index is -0.000000224. The summed E-state index contributed by atoms with van der Waals surface area (Å²) in [4.78, 5) is 31.6. The molecule has 6 rings (SSSR count). The van der Waals surface area contributed by atoms with Crippen LogP contribution in [-0.2, 0) is 65.6 Å². The summed E-state index contributed by atoms with van der Waals surface area (Å²) in [5, 5.41) is 25.2. The first-order valence-corrected chi connectivity index (χ1v) is 13.7. The van der Waals surface area contributed by atoms with Crippen LogP contribution in [0.2, 0.25) is 0 Å². The van der Waals surface area contributed by atoms with Crippen molar-refractivity contribution in [3.8, 4) is 0 Å². The van der Waals surface area contributed by atoms with Crippen molar-refractivity contribution in [2.75, 3.05) is 0 Å². The molecule has 0 saturated carbocycles. The van der Waals surface area contributed by atoms with Gasteiger partial charge in [0, 0.05) is 0 Å². The van der Waals surface area contributed by atoms with Gasteiger partial charge in [-0.1, -0.05) is 72.9 Å². The van der Waals surface area contributed by atoms with Crippen LogP contribution in [0, 0.1) is 17.8 Å². The van der Waals surface area contributed by atoms with Gasteiger partial charge < -0.3 is 15.1 Å². The molecule has 0 unspecified atom stereocenters. The van der Waals surface area contributed by atoms with Gasteiger partial charge in [0.05, 0.1) is 17.8 Å². The molecule has 0 bridgehead atoms. The van der Waals surface area contributed by atoms with Crippen LogP contribution in [0.15, 0.2) is 164 Å². The molecular formula is C36H39BFe3O6. The van der Waals surface area contributed by atoms with Gasteiger partial charge in [-0.2, -0.15) is 54.6 Å². The second kappa shape index (κ2) is 34.9. The minimum Gasteiger partial charge on any atom is -0.907 e. The maximum atomic E-state index is 10.5. The molecule has 0 radical (unpaired) electrons. The van der Waals surface area contributed by atoms with E-state index in [1.54, 1.807) is 20.8 Å². The smallest absolute Gasteiger partial charge is 0.907 e. The number of carbonyl (C=O) groups excluding carboxylic acids is 3. The van der Waals surface area contributed by atoms with Crippen LogP contribution in [-0.4, -0.2) is 24.7 Å². The van der Waals surface area contributed by atoms with Gasteiger partial charge in [0.25, 0.3) is 0 Å². The summed E-state index contributed by atoms with van der Waals surface area (Å²) < 4.78 is 0. The first-order valence-electron chi connectivity index (χ1n) is 13.7. The van der Waals surface area contributed by atoms with E-state index in [0.717, 1.165) is 0 Å². The molecule has 0 fully saturated rings. The number of hydrogen-bond donors (Lipinski definition) is 0. The van der Waals surface area contributed by atoms with Gasteiger partial charge in [0.15, 0.2) is 0 Å². The fraction of sp³-hybridized carbons (Fsp3) is 0.167. The first kappa shape index (κ1) is 49.9. The van der Waals surface area contributed by atoms with Crippen molar-refractivity contribution in [3.05, 3.63) is 164 Å². The number of Topliss-reactive ketones (excluding diaryl/α,β-unsaturated/α-hetero) is 3. The second-order valence-electron chi connectivity index (χ2n) is 8.89. The maximum Gasteiger partial charge on any atom is 2.00 e. The summed E-state index contributed by atoms with van der Waals surface area (Å²) in [6.45, 7) is 4.81. The van der Waals surface area contributed by atoms with Gasteiger partial charge in [-0.05, 0) is 20.8 Å². The van der Waals surface area contributed by atoms with E-state index in [0.29, 0.717) is 0 Å². The molecule has 3 aliphatic rings. The van der Waals surface area contributed by atoms with E-state index in [4.69, 9.17) is 15.1 Å². The van der Waals surface area contributed by atoms with Crippen molar-refractivity contribution >= 4 is 24.7 Å². The van der Waals surface area contributed by atoms with Gasteiger partial charge in [-0.25, -0.2) is 36.4 Å². The fourth-order valence-corrected chi connectivity index (χ4v) is 3.07. The predicted octanol–water partition coefficient (Wildman–Crippen LogP) is 4.21. The van der Waals surface area contributed by atoms with E-state index in [1.165, 1.54) is 0 Å².